The Kier molecular flexibility index (Phi) is 3.32. The van der Waals surface area contributed by atoms with Crippen LogP contribution in [0.2, 0.25) is 0 Å². The van der Waals surface area contributed by atoms with E-state index < -0.39 is 22.0 Å². The second-order valence-corrected chi connectivity index (χ2v) is 5.48. The van der Waals surface area contributed by atoms with Crippen LogP contribution in [0.1, 0.15) is 13.8 Å². The van der Waals surface area contributed by atoms with Crippen molar-refractivity contribution in [2.75, 3.05) is 0 Å². The molecule has 0 aliphatic rings. The lowest BCUT2D eigenvalue weighted by molar-refractivity contribution is 0.645. The van der Waals surface area contributed by atoms with E-state index in [0.29, 0.717) is 0 Å². The van der Waals surface area contributed by atoms with Crippen molar-refractivity contribution in [1.29, 1.82) is 0 Å². The first kappa shape index (κ1) is 9.58. The van der Waals surface area contributed by atoms with Crippen molar-refractivity contribution in [1.82, 2.24) is 0 Å². The van der Waals surface area contributed by atoms with Gasteiger partial charge in [0.15, 0.2) is 0 Å². The zero-order chi connectivity index (χ0) is 7.65. The number of hydrogen-bond donors (Lipinski definition) is 0. The molecule has 0 fully saturated rings. The molecule has 56 valence electrons. The highest BCUT2D eigenvalue weighted by Gasteiger charge is 2.41. The Morgan fingerprint density at radius 3 is 1.11 bits per heavy atom. The summed E-state index contributed by atoms with van der Waals surface area (Å²) in [6, 6.07) is 0. The van der Waals surface area contributed by atoms with Crippen molar-refractivity contribution in [3.63, 3.8) is 0 Å². The van der Waals surface area contributed by atoms with E-state index in [2.05, 4.69) is 0 Å². The minimum absolute atomic E-state index is 0.893. The quantitative estimate of drug-likeness (QED) is 0.440. The van der Waals surface area contributed by atoms with E-state index >= 15 is 0 Å². The Morgan fingerprint density at radius 2 is 1.11 bits per heavy atom. The van der Waals surface area contributed by atoms with E-state index in [0.717, 1.165) is 13.8 Å². The molecule has 0 aromatic heterocycles. The first-order valence-corrected chi connectivity index (χ1v) is 4.37. The second-order valence-electron chi connectivity index (χ2n) is 1.96. The molecule has 0 aromatic carbocycles. The van der Waals surface area contributed by atoms with E-state index in [9.17, 15) is 16.8 Å². The minimum atomic E-state index is -3.50. The van der Waals surface area contributed by atoms with Gasteiger partial charge in [-0.1, -0.05) is 0 Å². The summed E-state index contributed by atoms with van der Waals surface area (Å²) in [7, 11) is -7.01. The maximum atomic E-state index is 11.7. The van der Waals surface area contributed by atoms with E-state index in [4.69, 9.17) is 0 Å². The van der Waals surface area contributed by atoms with Gasteiger partial charge in [-0.15, -0.1) is 0 Å². The summed E-state index contributed by atoms with van der Waals surface area (Å²) < 4.78 is 46.7. The highest BCUT2D eigenvalue weighted by molar-refractivity contribution is 7.67. The molecule has 0 bridgehead atoms. The fraction of sp³-hybridized carbons (Fsp3) is 1.00. The van der Waals surface area contributed by atoms with Gasteiger partial charge in [-0.25, -0.2) is 0 Å². The average Bonchev–Trinajstić information content (AvgIpc) is 1.65. The van der Waals surface area contributed by atoms with Crippen LogP contribution < -0.4 is 0 Å². The molecule has 0 aliphatic heterocycles. The van der Waals surface area contributed by atoms with E-state index in [1.54, 1.807) is 0 Å². The summed E-state index contributed by atoms with van der Waals surface area (Å²) in [5, 5.41) is 0. The van der Waals surface area contributed by atoms with Gasteiger partial charge >= 0.3 is 0 Å². The zero-order valence-electron chi connectivity index (χ0n) is 4.91. The minimum Gasteiger partial charge on any atom is -0.187 e. The number of hydrogen-bond acceptors (Lipinski definition) is 0. The average molecular weight is 180 g/mol. The number of halogens is 4. The summed E-state index contributed by atoms with van der Waals surface area (Å²) in [5.41, 5.74) is 0. The second kappa shape index (κ2) is 3.12. The van der Waals surface area contributed by atoms with Crippen LogP contribution in [0, 0.1) is 0 Å². The summed E-state index contributed by atoms with van der Waals surface area (Å²) in [4.78, 5) is -2.04. The van der Waals surface area contributed by atoms with Crippen molar-refractivity contribution in [3.05, 3.63) is 0 Å². The molecule has 0 amide bonds. The van der Waals surface area contributed by atoms with E-state index in [1.807, 2.05) is 0 Å². The molecule has 0 N–H and O–H groups in total. The first-order valence-electron chi connectivity index (χ1n) is 2.12. The normalized spacial score (nSPS) is 13.3. The van der Waals surface area contributed by atoms with Crippen molar-refractivity contribution in [2.45, 2.75) is 18.7 Å². The zero-order valence-corrected chi connectivity index (χ0v) is 6.70. The fourth-order valence-electron chi connectivity index (χ4n) is 0.0571. The maximum Gasteiger partial charge on any atom is 0.281 e. The van der Waals surface area contributed by atoms with E-state index in [1.165, 1.54) is 0 Å². The third-order valence-corrected chi connectivity index (χ3v) is 3.39. The largest absolute Gasteiger partial charge is 0.281 e. The van der Waals surface area contributed by atoms with Crippen LogP contribution >= 0.6 is 17.1 Å². The first-order chi connectivity index (χ1) is 3.89. The van der Waals surface area contributed by atoms with Gasteiger partial charge in [0.25, 0.3) is 17.1 Å². The van der Waals surface area contributed by atoms with Crippen LogP contribution in [0.5, 0.6) is 0 Å². The van der Waals surface area contributed by atoms with Crippen LogP contribution in [0.25, 0.3) is 0 Å². The highest BCUT2D eigenvalue weighted by atomic mass is 31.2. The molecular weight excluding hydrogens is 174 g/mol. The smallest absolute Gasteiger partial charge is 0.187 e. The molecule has 0 aliphatic carbocycles. The molecule has 0 spiro atoms. The van der Waals surface area contributed by atoms with Gasteiger partial charge in [0, 0.05) is 0 Å². The third kappa shape index (κ3) is 2.35. The van der Waals surface area contributed by atoms with Gasteiger partial charge in [0.05, 0.1) is 0 Å². The molecule has 0 saturated heterocycles. The van der Waals surface area contributed by atoms with Gasteiger partial charge in [0.2, 0.25) is 0 Å². The highest BCUT2D eigenvalue weighted by Crippen LogP contribution is 2.69. The van der Waals surface area contributed by atoms with Gasteiger partial charge < -0.3 is 0 Å². The summed E-state index contributed by atoms with van der Waals surface area (Å²) in [5.74, 6) is 0. The summed E-state index contributed by atoms with van der Waals surface area (Å²) in [6.45, 7) is 1.79. The number of rotatable bonds is 2. The summed E-state index contributed by atoms with van der Waals surface area (Å²) in [6.07, 6.45) is 0. The molecule has 6 heteroatoms. The van der Waals surface area contributed by atoms with Crippen LogP contribution in [-0.4, -0.2) is 4.90 Å². The van der Waals surface area contributed by atoms with Gasteiger partial charge in [0.1, 0.15) is 4.90 Å². The lowest BCUT2D eigenvalue weighted by Crippen LogP contribution is -2.06. The van der Waals surface area contributed by atoms with Crippen LogP contribution in [0.4, 0.5) is 16.8 Å². The molecule has 0 rings (SSSR count). The Labute approximate surface area is 53.6 Å². The lowest BCUT2D eigenvalue weighted by atomic mass is 10.5. The van der Waals surface area contributed by atoms with Crippen molar-refractivity contribution >= 4 is 17.1 Å². The topological polar surface area (TPSA) is 0 Å². The molecule has 0 unspecified atom stereocenters. The molecule has 0 nitrogen and oxygen atoms in total. The van der Waals surface area contributed by atoms with Crippen molar-refractivity contribution in [3.8, 4) is 0 Å². The molecule has 0 atom stereocenters. The van der Waals surface area contributed by atoms with Crippen LogP contribution in [-0.2, 0) is 0 Å². The Hall–Kier alpha value is 0.580. The van der Waals surface area contributed by atoms with Gasteiger partial charge in [-0.3, -0.25) is 0 Å². The predicted molar refractivity (Wildman–Crippen MR) is 32.4 cm³/mol. The van der Waals surface area contributed by atoms with Crippen molar-refractivity contribution < 1.29 is 16.8 Å². The Bertz CT molecular complexity index is 81.8. The van der Waals surface area contributed by atoms with Crippen molar-refractivity contribution in [2.24, 2.45) is 0 Å². The van der Waals surface area contributed by atoms with Gasteiger partial charge in [-0.05, 0) is 13.8 Å². The Balaban J connectivity index is 4.01. The molecule has 0 aromatic rings. The lowest BCUT2D eigenvalue weighted by Gasteiger charge is -2.18. The SMILES string of the molecule is CC(C)(P(F)F)P(F)F. The Morgan fingerprint density at radius 1 is 0.889 bits per heavy atom. The van der Waals surface area contributed by atoms with Crippen LogP contribution in [0.3, 0.4) is 0 Å². The molecule has 0 radical (unpaired) electrons. The molecule has 9 heavy (non-hydrogen) atoms. The monoisotopic (exact) mass is 180 g/mol. The molecule has 0 heterocycles. The summed E-state index contributed by atoms with van der Waals surface area (Å²) >= 11 is 0. The van der Waals surface area contributed by atoms with Crippen LogP contribution in [0.15, 0.2) is 0 Å². The third-order valence-electron chi connectivity index (χ3n) is 0.827. The van der Waals surface area contributed by atoms with E-state index in [-0.39, 0.29) is 0 Å². The molecular formula is C3H6F4P2. The standard InChI is InChI=1S/C3H6F4P2/c1-3(2,8(4)5)9(6)7/h1-2H3. The molecule has 0 saturated carbocycles. The van der Waals surface area contributed by atoms with Gasteiger partial charge in [-0.2, -0.15) is 16.8 Å². The predicted octanol–water partition coefficient (Wildman–Crippen LogP) is 4.22. The maximum absolute atomic E-state index is 11.7. The fourth-order valence-corrected chi connectivity index (χ4v) is 0.514.